The average molecular weight is 283 g/mol. The average Bonchev–Trinajstić information content (AvgIpc) is 2.41. The maximum absolute atomic E-state index is 11.6. The SMILES string of the molecule is COc1ccc(OC)c(Oc2n[nH]c(Cl)cc2=O)c1. The van der Waals surface area contributed by atoms with Crippen LogP contribution in [0.2, 0.25) is 5.15 Å². The van der Waals surface area contributed by atoms with Crippen molar-refractivity contribution in [2.75, 3.05) is 14.2 Å². The van der Waals surface area contributed by atoms with Crippen LogP contribution in [0.3, 0.4) is 0 Å². The number of hydrogen-bond acceptors (Lipinski definition) is 5. The second-order valence-corrected chi connectivity index (χ2v) is 3.91. The minimum atomic E-state index is -0.436. The quantitative estimate of drug-likeness (QED) is 0.931. The molecule has 19 heavy (non-hydrogen) atoms. The van der Waals surface area contributed by atoms with E-state index in [1.807, 2.05) is 0 Å². The van der Waals surface area contributed by atoms with Crippen LogP contribution in [0.5, 0.6) is 23.1 Å². The summed E-state index contributed by atoms with van der Waals surface area (Å²) in [6.45, 7) is 0. The predicted octanol–water partition coefficient (Wildman–Crippen LogP) is 2.23. The molecular weight excluding hydrogens is 272 g/mol. The number of nitrogens with one attached hydrogen (secondary N) is 1. The van der Waals surface area contributed by atoms with Gasteiger partial charge in [0.05, 0.1) is 14.2 Å². The highest BCUT2D eigenvalue weighted by molar-refractivity contribution is 6.29. The van der Waals surface area contributed by atoms with Gasteiger partial charge in [-0.3, -0.25) is 9.89 Å². The number of ether oxygens (including phenoxy) is 3. The second-order valence-electron chi connectivity index (χ2n) is 3.50. The molecule has 0 aliphatic carbocycles. The van der Waals surface area contributed by atoms with E-state index in [1.165, 1.54) is 20.3 Å². The Morgan fingerprint density at radius 3 is 2.58 bits per heavy atom. The summed E-state index contributed by atoms with van der Waals surface area (Å²) in [7, 11) is 3.02. The summed E-state index contributed by atoms with van der Waals surface area (Å²) in [6.07, 6.45) is 0. The summed E-state index contributed by atoms with van der Waals surface area (Å²) in [5.74, 6) is 1.22. The molecule has 0 saturated carbocycles. The zero-order chi connectivity index (χ0) is 13.8. The van der Waals surface area contributed by atoms with Crippen molar-refractivity contribution in [2.24, 2.45) is 0 Å². The van der Waals surface area contributed by atoms with Crippen LogP contribution in [0.15, 0.2) is 29.1 Å². The van der Waals surface area contributed by atoms with Gasteiger partial charge in [0.15, 0.2) is 11.5 Å². The Hall–Kier alpha value is -2.21. The standard InChI is InChI=1S/C12H11ClN2O4/c1-17-7-3-4-9(18-2)10(5-7)19-12-8(16)6-11(13)14-15-12/h3-6H,1-2H3,(H,14,16). The largest absolute Gasteiger partial charge is 0.497 e. The maximum atomic E-state index is 11.6. The summed E-state index contributed by atoms with van der Waals surface area (Å²) < 4.78 is 15.6. The number of benzene rings is 1. The van der Waals surface area contributed by atoms with Crippen molar-refractivity contribution >= 4 is 11.6 Å². The Morgan fingerprint density at radius 2 is 1.95 bits per heavy atom. The van der Waals surface area contributed by atoms with Gasteiger partial charge in [-0.15, -0.1) is 5.10 Å². The molecule has 0 unspecified atom stereocenters. The van der Waals surface area contributed by atoms with Gasteiger partial charge in [-0.2, -0.15) is 0 Å². The monoisotopic (exact) mass is 282 g/mol. The molecule has 100 valence electrons. The maximum Gasteiger partial charge on any atom is 0.285 e. The minimum absolute atomic E-state index is 0.129. The Morgan fingerprint density at radius 1 is 1.16 bits per heavy atom. The molecule has 0 aliphatic heterocycles. The fraction of sp³-hybridized carbons (Fsp3) is 0.167. The first-order valence-electron chi connectivity index (χ1n) is 5.29. The number of methoxy groups -OCH3 is 2. The van der Waals surface area contributed by atoms with Crippen LogP contribution >= 0.6 is 11.6 Å². The van der Waals surface area contributed by atoms with Gasteiger partial charge >= 0.3 is 0 Å². The summed E-state index contributed by atoms with van der Waals surface area (Å²) in [6, 6.07) is 6.15. The third-order valence-electron chi connectivity index (χ3n) is 2.31. The lowest BCUT2D eigenvalue weighted by molar-refractivity contribution is 0.364. The van der Waals surface area contributed by atoms with E-state index >= 15 is 0 Å². The molecule has 0 spiro atoms. The van der Waals surface area contributed by atoms with E-state index in [2.05, 4.69) is 10.2 Å². The highest BCUT2D eigenvalue weighted by atomic mass is 35.5. The van der Waals surface area contributed by atoms with Crippen LogP contribution in [-0.4, -0.2) is 24.4 Å². The molecule has 7 heteroatoms. The molecule has 0 amide bonds. The summed E-state index contributed by atoms with van der Waals surface area (Å²) in [5, 5.41) is 6.30. The van der Waals surface area contributed by atoms with Crippen molar-refractivity contribution < 1.29 is 14.2 Å². The molecule has 2 aromatic rings. The van der Waals surface area contributed by atoms with E-state index in [4.69, 9.17) is 25.8 Å². The van der Waals surface area contributed by atoms with Crippen molar-refractivity contribution in [3.63, 3.8) is 0 Å². The molecule has 0 atom stereocenters. The first kappa shape index (κ1) is 13.2. The Balaban J connectivity index is 2.39. The molecule has 2 rings (SSSR count). The molecule has 0 bridgehead atoms. The topological polar surface area (TPSA) is 73.4 Å². The zero-order valence-corrected chi connectivity index (χ0v) is 11.0. The van der Waals surface area contributed by atoms with Gasteiger partial charge < -0.3 is 14.2 Å². The Kier molecular flexibility index (Phi) is 3.91. The van der Waals surface area contributed by atoms with Gasteiger partial charge in [0.1, 0.15) is 10.9 Å². The molecule has 0 saturated heterocycles. The molecule has 0 aliphatic rings. The molecule has 1 aromatic heterocycles. The van der Waals surface area contributed by atoms with Crippen molar-refractivity contribution in [2.45, 2.75) is 0 Å². The van der Waals surface area contributed by atoms with Gasteiger partial charge in [0.2, 0.25) is 5.43 Å². The highest BCUT2D eigenvalue weighted by Crippen LogP contribution is 2.33. The van der Waals surface area contributed by atoms with Gasteiger partial charge in [-0.25, -0.2) is 0 Å². The molecular formula is C12H11ClN2O4. The first-order valence-corrected chi connectivity index (χ1v) is 5.67. The molecule has 1 heterocycles. The smallest absolute Gasteiger partial charge is 0.285 e. The number of rotatable bonds is 4. The van der Waals surface area contributed by atoms with Crippen molar-refractivity contribution in [3.05, 3.63) is 39.6 Å². The van der Waals surface area contributed by atoms with Crippen LogP contribution in [0, 0.1) is 0 Å². The molecule has 0 radical (unpaired) electrons. The van der Waals surface area contributed by atoms with E-state index in [0.29, 0.717) is 17.2 Å². The van der Waals surface area contributed by atoms with Gasteiger partial charge in [0, 0.05) is 12.1 Å². The zero-order valence-electron chi connectivity index (χ0n) is 10.3. The first-order chi connectivity index (χ1) is 9.13. The number of aromatic amines is 1. The Labute approximate surface area is 113 Å². The molecule has 1 N–H and O–H groups in total. The lowest BCUT2D eigenvalue weighted by Crippen LogP contribution is -2.07. The van der Waals surface area contributed by atoms with E-state index in [1.54, 1.807) is 18.2 Å². The lowest BCUT2D eigenvalue weighted by Gasteiger charge is -2.10. The van der Waals surface area contributed by atoms with Crippen molar-refractivity contribution in [3.8, 4) is 23.1 Å². The summed E-state index contributed by atoms with van der Waals surface area (Å²) in [5.41, 5.74) is -0.436. The van der Waals surface area contributed by atoms with Crippen LogP contribution in [0.25, 0.3) is 0 Å². The van der Waals surface area contributed by atoms with Crippen LogP contribution in [-0.2, 0) is 0 Å². The van der Waals surface area contributed by atoms with E-state index in [9.17, 15) is 4.79 Å². The highest BCUT2D eigenvalue weighted by Gasteiger charge is 2.11. The van der Waals surface area contributed by atoms with Crippen LogP contribution in [0.4, 0.5) is 0 Å². The molecule has 1 aromatic carbocycles. The number of halogens is 1. The van der Waals surface area contributed by atoms with E-state index in [0.717, 1.165) is 0 Å². The fourth-order valence-corrected chi connectivity index (χ4v) is 1.55. The van der Waals surface area contributed by atoms with E-state index < -0.39 is 5.43 Å². The summed E-state index contributed by atoms with van der Waals surface area (Å²) in [4.78, 5) is 11.6. The van der Waals surface area contributed by atoms with Crippen LogP contribution in [0.1, 0.15) is 0 Å². The summed E-state index contributed by atoms with van der Waals surface area (Å²) >= 11 is 5.61. The number of aromatic nitrogens is 2. The normalized spacial score (nSPS) is 10.1. The number of nitrogens with zero attached hydrogens (tertiary/aromatic N) is 1. The molecule has 6 nitrogen and oxygen atoms in total. The third kappa shape index (κ3) is 2.97. The van der Waals surface area contributed by atoms with Crippen molar-refractivity contribution in [1.29, 1.82) is 0 Å². The van der Waals surface area contributed by atoms with Gasteiger partial charge in [-0.05, 0) is 12.1 Å². The van der Waals surface area contributed by atoms with Gasteiger partial charge in [-0.1, -0.05) is 11.6 Å². The Bertz CT molecular complexity index is 642. The minimum Gasteiger partial charge on any atom is -0.497 e. The third-order valence-corrected chi connectivity index (χ3v) is 2.50. The number of H-pyrrole nitrogens is 1. The molecule has 0 fully saturated rings. The van der Waals surface area contributed by atoms with E-state index in [-0.39, 0.29) is 11.0 Å². The predicted molar refractivity (Wildman–Crippen MR) is 69.5 cm³/mol. The second kappa shape index (κ2) is 5.62. The van der Waals surface area contributed by atoms with Gasteiger partial charge in [0.25, 0.3) is 5.88 Å². The fourth-order valence-electron chi connectivity index (χ4n) is 1.41. The lowest BCUT2D eigenvalue weighted by atomic mass is 10.3. The van der Waals surface area contributed by atoms with Crippen LogP contribution < -0.4 is 19.6 Å². The number of hydrogen-bond donors (Lipinski definition) is 1. The van der Waals surface area contributed by atoms with Crippen molar-refractivity contribution in [1.82, 2.24) is 10.2 Å².